The summed E-state index contributed by atoms with van der Waals surface area (Å²) in [4.78, 5) is 9.09. The topological polar surface area (TPSA) is 73.1 Å². The Hall–Kier alpha value is -3.70. The Morgan fingerprint density at radius 2 is 1.81 bits per heavy atom. The van der Waals surface area contributed by atoms with Gasteiger partial charge >= 0.3 is 0 Å². The molecule has 5 nitrogen and oxygen atoms in total. The summed E-state index contributed by atoms with van der Waals surface area (Å²) in [6.45, 7) is 2.50. The summed E-state index contributed by atoms with van der Waals surface area (Å²) in [5, 5.41) is 3.46. The molecule has 3 N–H and O–H groups in total. The van der Waals surface area contributed by atoms with Gasteiger partial charge in [0.25, 0.3) is 0 Å². The predicted octanol–water partition coefficient (Wildman–Crippen LogP) is 5.72. The number of hydrogen-bond donors (Lipinski definition) is 2. The van der Waals surface area contributed by atoms with Crippen molar-refractivity contribution in [1.29, 1.82) is 0 Å². The number of rotatable bonds is 6. The minimum absolute atomic E-state index is 0.135. The zero-order valence-electron chi connectivity index (χ0n) is 18.1. The largest absolute Gasteiger partial charge is 0.483 e. The first kappa shape index (κ1) is 20.2. The van der Waals surface area contributed by atoms with Crippen LogP contribution in [0.2, 0.25) is 0 Å². The second kappa shape index (κ2) is 8.81. The van der Waals surface area contributed by atoms with Crippen LogP contribution in [-0.4, -0.2) is 9.97 Å². The van der Waals surface area contributed by atoms with E-state index in [-0.39, 0.29) is 6.04 Å². The maximum absolute atomic E-state index is 6.31. The van der Waals surface area contributed by atoms with E-state index in [1.54, 1.807) is 6.33 Å². The third kappa shape index (κ3) is 4.20. The smallest absolute Gasteiger partial charge is 0.188 e. The van der Waals surface area contributed by atoms with Crippen molar-refractivity contribution in [3.63, 3.8) is 0 Å². The van der Waals surface area contributed by atoms with Gasteiger partial charge in [-0.05, 0) is 48.6 Å². The third-order valence-corrected chi connectivity index (χ3v) is 5.88. The van der Waals surface area contributed by atoms with Crippen LogP contribution < -0.4 is 15.8 Å². The van der Waals surface area contributed by atoms with Gasteiger partial charge in [-0.1, -0.05) is 66.2 Å². The second-order valence-electron chi connectivity index (χ2n) is 8.22. The summed E-state index contributed by atoms with van der Waals surface area (Å²) in [6, 6.07) is 24.9. The van der Waals surface area contributed by atoms with Gasteiger partial charge < -0.3 is 15.8 Å². The van der Waals surface area contributed by atoms with Crippen LogP contribution in [0.1, 0.15) is 34.7 Å². The van der Waals surface area contributed by atoms with Gasteiger partial charge in [0, 0.05) is 17.3 Å². The van der Waals surface area contributed by atoms with Crippen molar-refractivity contribution in [3.8, 4) is 17.0 Å². The van der Waals surface area contributed by atoms with E-state index >= 15 is 0 Å². The number of aromatic nitrogens is 2. The number of aryl methyl sites for hydroxylation is 2. The number of fused-ring (bicyclic) bond motifs is 1. The summed E-state index contributed by atoms with van der Waals surface area (Å²) in [6.07, 6.45) is 3.58. The van der Waals surface area contributed by atoms with E-state index in [1.165, 1.54) is 16.7 Å². The lowest BCUT2D eigenvalue weighted by Crippen LogP contribution is -2.06. The zero-order valence-corrected chi connectivity index (χ0v) is 18.1. The summed E-state index contributed by atoms with van der Waals surface area (Å²) in [7, 11) is 0. The molecule has 1 unspecified atom stereocenters. The van der Waals surface area contributed by atoms with E-state index in [0.717, 1.165) is 35.3 Å². The summed E-state index contributed by atoms with van der Waals surface area (Å²) >= 11 is 0. The minimum atomic E-state index is 0.135. The van der Waals surface area contributed by atoms with Crippen molar-refractivity contribution >= 4 is 11.5 Å². The molecule has 1 atom stereocenters. The molecule has 0 bridgehead atoms. The van der Waals surface area contributed by atoms with Gasteiger partial charge in [0.1, 0.15) is 18.6 Å². The molecule has 1 heterocycles. The molecule has 5 heteroatoms. The van der Waals surface area contributed by atoms with Gasteiger partial charge in [-0.25, -0.2) is 9.97 Å². The van der Waals surface area contributed by atoms with Crippen LogP contribution in [0.4, 0.5) is 11.5 Å². The van der Waals surface area contributed by atoms with Crippen molar-refractivity contribution < 1.29 is 4.74 Å². The van der Waals surface area contributed by atoms with Gasteiger partial charge in [0.05, 0.1) is 0 Å². The molecule has 5 rings (SSSR count). The van der Waals surface area contributed by atoms with E-state index in [4.69, 9.17) is 10.5 Å². The second-order valence-corrected chi connectivity index (χ2v) is 8.22. The number of ether oxygens (including phenoxy) is 1. The molecular formula is C27H26N4O. The maximum Gasteiger partial charge on any atom is 0.188 e. The number of nitrogens with two attached hydrogens (primary N) is 1. The van der Waals surface area contributed by atoms with E-state index in [0.29, 0.717) is 18.2 Å². The van der Waals surface area contributed by atoms with Gasteiger partial charge in [-0.3, -0.25) is 0 Å². The van der Waals surface area contributed by atoms with Gasteiger partial charge in [-0.15, -0.1) is 0 Å². The monoisotopic (exact) mass is 422 g/mol. The van der Waals surface area contributed by atoms with Crippen molar-refractivity contribution in [2.24, 2.45) is 5.73 Å². The van der Waals surface area contributed by atoms with Crippen LogP contribution in [0, 0.1) is 6.92 Å². The fourth-order valence-corrected chi connectivity index (χ4v) is 4.11. The third-order valence-electron chi connectivity index (χ3n) is 5.88. The Balaban J connectivity index is 1.51. The highest BCUT2D eigenvalue weighted by molar-refractivity contribution is 5.75. The Bertz CT molecular complexity index is 1220. The van der Waals surface area contributed by atoms with E-state index in [9.17, 15) is 0 Å². The van der Waals surface area contributed by atoms with Crippen molar-refractivity contribution in [3.05, 3.63) is 101 Å². The number of hydrogen-bond acceptors (Lipinski definition) is 5. The predicted molar refractivity (Wildman–Crippen MR) is 128 cm³/mol. The molecule has 32 heavy (non-hydrogen) atoms. The highest BCUT2D eigenvalue weighted by Crippen LogP contribution is 2.37. The average molecular weight is 423 g/mol. The first-order chi connectivity index (χ1) is 15.7. The lowest BCUT2D eigenvalue weighted by molar-refractivity contribution is 0.307. The lowest BCUT2D eigenvalue weighted by Gasteiger charge is -2.16. The first-order valence-corrected chi connectivity index (χ1v) is 10.9. The zero-order chi connectivity index (χ0) is 21.9. The maximum atomic E-state index is 6.31. The molecule has 0 saturated heterocycles. The van der Waals surface area contributed by atoms with Crippen LogP contribution in [0.15, 0.2) is 79.1 Å². The fraction of sp³-hybridized carbons (Fsp3) is 0.185. The van der Waals surface area contributed by atoms with E-state index in [1.807, 2.05) is 30.3 Å². The van der Waals surface area contributed by atoms with Gasteiger partial charge in [0.15, 0.2) is 11.6 Å². The highest BCUT2D eigenvalue weighted by Gasteiger charge is 2.20. The van der Waals surface area contributed by atoms with E-state index in [2.05, 4.69) is 64.7 Å². The van der Waals surface area contributed by atoms with Crippen LogP contribution in [0.5, 0.6) is 5.75 Å². The SMILES string of the molecule is Cc1ccc(-c2ncnc(Nc3ccc4c(c3)CCC4N)c2OCc2ccccc2)cc1. The molecule has 0 radical (unpaired) electrons. The Morgan fingerprint density at radius 1 is 1.00 bits per heavy atom. The summed E-state index contributed by atoms with van der Waals surface area (Å²) < 4.78 is 6.31. The molecule has 3 aromatic carbocycles. The molecule has 4 aromatic rings. The van der Waals surface area contributed by atoms with Crippen LogP contribution in [0.3, 0.4) is 0 Å². The standard InChI is InChI=1S/C27H26N4O/c1-18-7-9-20(10-8-18)25-26(32-16-19-5-3-2-4-6-19)27(30-17-29-25)31-22-12-13-23-21(15-22)11-14-24(23)28/h2-10,12-13,15,17,24H,11,14,16,28H2,1H3,(H,29,30,31). The first-order valence-electron chi connectivity index (χ1n) is 10.9. The normalized spacial score (nSPS) is 14.8. The average Bonchev–Trinajstić information content (AvgIpc) is 3.19. The molecule has 1 aliphatic rings. The van der Waals surface area contributed by atoms with E-state index < -0.39 is 0 Å². The minimum Gasteiger partial charge on any atom is -0.483 e. The Kier molecular flexibility index (Phi) is 5.57. The molecule has 160 valence electrons. The molecular weight excluding hydrogens is 396 g/mol. The number of nitrogens with zero attached hydrogens (tertiary/aromatic N) is 2. The molecule has 0 spiro atoms. The lowest BCUT2D eigenvalue weighted by atomic mass is 10.1. The van der Waals surface area contributed by atoms with Gasteiger partial charge in [0.2, 0.25) is 0 Å². The van der Waals surface area contributed by atoms with Gasteiger partial charge in [-0.2, -0.15) is 0 Å². The van der Waals surface area contributed by atoms with Crippen LogP contribution >= 0.6 is 0 Å². The number of benzene rings is 3. The van der Waals surface area contributed by atoms with Crippen molar-refractivity contribution in [1.82, 2.24) is 9.97 Å². The van der Waals surface area contributed by atoms with Crippen LogP contribution in [0.25, 0.3) is 11.3 Å². The quantitative estimate of drug-likeness (QED) is 0.416. The Labute approximate surface area is 188 Å². The molecule has 0 saturated carbocycles. The molecule has 0 fully saturated rings. The molecule has 1 aliphatic carbocycles. The van der Waals surface area contributed by atoms with Crippen LogP contribution in [-0.2, 0) is 13.0 Å². The number of nitrogens with one attached hydrogen (secondary N) is 1. The van der Waals surface area contributed by atoms with Crippen molar-refractivity contribution in [2.75, 3.05) is 5.32 Å². The highest BCUT2D eigenvalue weighted by atomic mass is 16.5. The Morgan fingerprint density at radius 3 is 2.62 bits per heavy atom. The van der Waals surface area contributed by atoms with Crippen molar-refractivity contribution in [2.45, 2.75) is 32.4 Å². The summed E-state index contributed by atoms with van der Waals surface area (Å²) in [5.41, 5.74) is 13.7. The number of anilines is 2. The fourth-order valence-electron chi connectivity index (χ4n) is 4.11. The molecule has 0 amide bonds. The molecule has 1 aromatic heterocycles. The summed E-state index contributed by atoms with van der Waals surface area (Å²) in [5.74, 6) is 1.28. The molecule has 0 aliphatic heterocycles.